The summed E-state index contributed by atoms with van der Waals surface area (Å²) in [5.41, 5.74) is 8.48. The van der Waals surface area contributed by atoms with Crippen molar-refractivity contribution in [1.82, 2.24) is 0 Å². The van der Waals surface area contributed by atoms with E-state index in [0.717, 1.165) is 16.5 Å². The molecule has 0 fully saturated rings. The van der Waals surface area contributed by atoms with Crippen molar-refractivity contribution in [2.24, 2.45) is 0 Å². The average Bonchev–Trinajstić information content (AvgIpc) is 2.43. The van der Waals surface area contributed by atoms with Crippen molar-refractivity contribution in [1.29, 1.82) is 0 Å². The van der Waals surface area contributed by atoms with E-state index in [2.05, 4.69) is 20.7 Å². The standard InChI is InChI=1S/C15H17BrN2O2S/c1-2-12-9-13(16)5-8-15(12)18-21(19,20)10-11-3-6-14(17)7-4-11/h3-9,18H,2,10,17H2,1H3. The molecule has 112 valence electrons. The molecule has 0 aliphatic rings. The Morgan fingerprint density at radius 2 is 1.81 bits per heavy atom. The predicted octanol–water partition coefficient (Wildman–Crippen LogP) is 3.54. The molecule has 0 aliphatic carbocycles. The van der Waals surface area contributed by atoms with Gasteiger partial charge in [-0.2, -0.15) is 0 Å². The molecule has 0 heterocycles. The van der Waals surface area contributed by atoms with Gasteiger partial charge in [0.15, 0.2) is 0 Å². The van der Waals surface area contributed by atoms with Crippen LogP contribution < -0.4 is 10.5 Å². The molecule has 0 saturated heterocycles. The summed E-state index contributed by atoms with van der Waals surface area (Å²) in [4.78, 5) is 0. The molecule has 6 heteroatoms. The lowest BCUT2D eigenvalue weighted by Crippen LogP contribution is -2.16. The Labute approximate surface area is 133 Å². The van der Waals surface area contributed by atoms with Gasteiger partial charge in [0.1, 0.15) is 0 Å². The lowest BCUT2D eigenvalue weighted by atomic mass is 10.1. The number of nitrogens with two attached hydrogens (primary N) is 1. The number of nitrogen functional groups attached to an aromatic ring is 1. The van der Waals surface area contributed by atoms with Gasteiger partial charge < -0.3 is 5.73 Å². The van der Waals surface area contributed by atoms with Crippen LogP contribution in [0.3, 0.4) is 0 Å². The number of nitrogens with one attached hydrogen (secondary N) is 1. The van der Waals surface area contributed by atoms with Gasteiger partial charge in [-0.05, 0) is 47.9 Å². The monoisotopic (exact) mass is 368 g/mol. The number of hydrogen-bond acceptors (Lipinski definition) is 3. The maximum absolute atomic E-state index is 12.3. The molecule has 0 radical (unpaired) electrons. The summed E-state index contributed by atoms with van der Waals surface area (Å²) in [6, 6.07) is 12.3. The molecule has 0 spiro atoms. The highest BCUT2D eigenvalue weighted by Gasteiger charge is 2.13. The predicted molar refractivity (Wildman–Crippen MR) is 90.6 cm³/mol. The lowest BCUT2D eigenvalue weighted by Gasteiger charge is -2.12. The molecule has 2 aromatic rings. The molecule has 0 aliphatic heterocycles. The normalized spacial score (nSPS) is 11.3. The number of benzene rings is 2. The fourth-order valence-electron chi connectivity index (χ4n) is 1.99. The summed E-state index contributed by atoms with van der Waals surface area (Å²) in [6.45, 7) is 1.99. The highest BCUT2D eigenvalue weighted by atomic mass is 79.9. The fourth-order valence-corrected chi connectivity index (χ4v) is 3.64. The van der Waals surface area contributed by atoms with Crippen molar-refractivity contribution in [3.63, 3.8) is 0 Å². The Morgan fingerprint density at radius 1 is 1.14 bits per heavy atom. The first-order valence-corrected chi connectivity index (χ1v) is 8.97. The van der Waals surface area contributed by atoms with Gasteiger partial charge in [0.25, 0.3) is 0 Å². The van der Waals surface area contributed by atoms with E-state index in [1.54, 1.807) is 30.3 Å². The van der Waals surface area contributed by atoms with Gasteiger partial charge in [0, 0.05) is 10.2 Å². The van der Waals surface area contributed by atoms with Crippen LogP contribution in [0.2, 0.25) is 0 Å². The molecule has 3 N–H and O–H groups in total. The maximum atomic E-state index is 12.3. The van der Waals surface area contributed by atoms with Crippen molar-refractivity contribution in [2.45, 2.75) is 19.1 Å². The van der Waals surface area contributed by atoms with E-state index in [0.29, 0.717) is 16.9 Å². The first kappa shape index (κ1) is 15.9. The average molecular weight is 369 g/mol. The second kappa shape index (κ2) is 6.49. The summed E-state index contributed by atoms with van der Waals surface area (Å²) >= 11 is 3.39. The van der Waals surface area contributed by atoms with E-state index in [-0.39, 0.29) is 5.75 Å². The van der Waals surface area contributed by atoms with Gasteiger partial charge in [-0.1, -0.05) is 35.0 Å². The zero-order chi connectivity index (χ0) is 15.5. The Balaban J connectivity index is 2.19. The zero-order valence-corrected chi connectivity index (χ0v) is 14.0. The third-order valence-corrected chi connectivity index (χ3v) is 4.79. The molecule has 2 aromatic carbocycles. The molecule has 0 bridgehead atoms. The third kappa shape index (κ3) is 4.47. The topological polar surface area (TPSA) is 72.2 Å². The van der Waals surface area contributed by atoms with E-state index in [4.69, 9.17) is 5.73 Å². The largest absolute Gasteiger partial charge is 0.399 e. The van der Waals surface area contributed by atoms with Gasteiger partial charge >= 0.3 is 0 Å². The summed E-state index contributed by atoms with van der Waals surface area (Å²) in [5, 5.41) is 0. The molecular weight excluding hydrogens is 352 g/mol. The third-order valence-electron chi connectivity index (χ3n) is 3.05. The zero-order valence-electron chi connectivity index (χ0n) is 11.6. The number of halogens is 1. The Kier molecular flexibility index (Phi) is 4.90. The van der Waals surface area contributed by atoms with Crippen molar-refractivity contribution < 1.29 is 8.42 Å². The second-order valence-corrected chi connectivity index (χ2v) is 7.40. The Hall–Kier alpha value is -1.53. The molecule has 2 rings (SSSR count). The molecule has 0 atom stereocenters. The lowest BCUT2D eigenvalue weighted by molar-refractivity contribution is 0.600. The van der Waals surface area contributed by atoms with E-state index >= 15 is 0 Å². The van der Waals surface area contributed by atoms with Crippen molar-refractivity contribution in [3.05, 3.63) is 58.1 Å². The Bertz CT molecular complexity index is 728. The second-order valence-electron chi connectivity index (χ2n) is 4.76. The van der Waals surface area contributed by atoms with Crippen LogP contribution in [0.15, 0.2) is 46.9 Å². The van der Waals surface area contributed by atoms with E-state index < -0.39 is 10.0 Å². The molecule has 0 unspecified atom stereocenters. The first-order valence-electron chi connectivity index (χ1n) is 6.53. The minimum absolute atomic E-state index is 0.0769. The molecule has 0 saturated carbocycles. The van der Waals surface area contributed by atoms with Crippen molar-refractivity contribution in [3.8, 4) is 0 Å². The minimum Gasteiger partial charge on any atom is -0.399 e. The van der Waals surface area contributed by atoms with Crippen molar-refractivity contribution in [2.75, 3.05) is 10.5 Å². The smallest absolute Gasteiger partial charge is 0.236 e. The fraction of sp³-hybridized carbons (Fsp3) is 0.200. The molecule has 0 amide bonds. The summed E-state index contributed by atoms with van der Waals surface area (Å²) in [6.07, 6.45) is 0.749. The SMILES string of the molecule is CCc1cc(Br)ccc1NS(=O)(=O)Cc1ccc(N)cc1. The van der Waals surface area contributed by atoms with Gasteiger partial charge in [-0.25, -0.2) is 8.42 Å². The quantitative estimate of drug-likeness (QED) is 0.792. The first-order chi connectivity index (χ1) is 9.89. The minimum atomic E-state index is -3.45. The number of anilines is 2. The van der Waals surface area contributed by atoms with Gasteiger partial charge in [0.05, 0.1) is 11.4 Å². The summed E-state index contributed by atoms with van der Waals surface area (Å²) in [7, 11) is -3.45. The number of aryl methyl sites for hydroxylation is 1. The van der Waals surface area contributed by atoms with Gasteiger partial charge in [0.2, 0.25) is 10.0 Å². The summed E-state index contributed by atoms with van der Waals surface area (Å²) < 4.78 is 28.1. The van der Waals surface area contributed by atoms with Crippen LogP contribution in [0.25, 0.3) is 0 Å². The van der Waals surface area contributed by atoms with Crippen molar-refractivity contribution >= 4 is 37.3 Å². The van der Waals surface area contributed by atoms with Crippen LogP contribution in [0.5, 0.6) is 0 Å². The van der Waals surface area contributed by atoms with Crippen LogP contribution in [-0.2, 0) is 22.2 Å². The van der Waals surface area contributed by atoms with E-state index in [1.807, 2.05) is 19.1 Å². The highest BCUT2D eigenvalue weighted by molar-refractivity contribution is 9.10. The molecule has 21 heavy (non-hydrogen) atoms. The highest BCUT2D eigenvalue weighted by Crippen LogP contribution is 2.23. The molecule has 0 aromatic heterocycles. The summed E-state index contributed by atoms with van der Waals surface area (Å²) in [5.74, 6) is -0.0769. The van der Waals surface area contributed by atoms with Crippen LogP contribution in [-0.4, -0.2) is 8.42 Å². The van der Waals surface area contributed by atoms with Crippen LogP contribution in [0.4, 0.5) is 11.4 Å². The Morgan fingerprint density at radius 3 is 2.43 bits per heavy atom. The number of sulfonamides is 1. The van der Waals surface area contributed by atoms with Crippen LogP contribution >= 0.6 is 15.9 Å². The van der Waals surface area contributed by atoms with Gasteiger partial charge in [-0.3, -0.25) is 4.72 Å². The van der Waals surface area contributed by atoms with Crippen LogP contribution in [0, 0.1) is 0 Å². The number of hydrogen-bond donors (Lipinski definition) is 2. The van der Waals surface area contributed by atoms with E-state index in [1.165, 1.54) is 0 Å². The molecule has 4 nitrogen and oxygen atoms in total. The van der Waals surface area contributed by atoms with E-state index in [9.17, 15) is 8.42 Å². The molecular formula is C15H17BrN2O2S. The number of rotatable bonds is 5. The van der Waals surface area contributed by atoms with Crippen LogP contribution in [0.1, 0.15) is 18.1 Å². The van der Waals surface area contributed by atoms with Gasteiger partial charge in [-0.15, -0.1) is 0 Å². The maximum Gasteiger partial charge on any atom is 0.236 e.